The molecule has 0 aliphatic rings. The van der Waals surface area contributed by atoms with Crippen LogP contribution in [0.4, 0.5) is 0 Å². The van der Waals surface area contributed by atoms with E-state index in [9.17, 15) is 4.79 Å². The third kappa shape index (κ3) is 5.47. The van der Waals surface area contributed by atoms with Crippen LogP contribution in [0.25, 0.3) is 5.69 Å². The molecule has 0 aliphatic carbocycles. The van der Waals surface area contributed by atoms with E-state index in [1.54, 1.807) is 13.2 Å². The van der Waals surface area contributed by atoms with Gasteiger partial charge in [-0.3, -0.25) is 4.79 Å². The maximum Gasteiger partial charge on any atom is 0.273 e. The largest absolute Gasteiger partial charge is 0.493 e. The molecule has 7 heteroatoms. The number of carbonyl (C=O) groups excluding carboxylic acids is 1. The molecule has 0 aliphatic heterocycles. The molecule has 1 N–H and O–H groups in total. The number of halogens is 1. The van der Waals surface area contributed by atoms with E-state index in [0.29, 0.717) is 34.4 Å². The van der Waals surface area contributed by atoms with Crippen molar-refractivity contribution in [1.29, 1.82) is 0 Å². The highest BCUT2D eigenvalue weighted by atomic mass is 35.5. The van der Waals surface area contributed by atoms with Crippen LogP contribution < -0.4 is 14.9 Å². The molecule has 3 aromatic carbocycles. The number of hydrogen-bond acceptors (Lipinski definition) is 4. The third-order valence-electron chi connectivity index (χ3n) is 5.25. The molecular formula is C27H24ClN3O3. The Labute approximate surface area is 203 Å². The molecule has 0 bridgehead atoms. The monoisotopic (exact) mass is 473 g/mol. The maximum atomic E-state index is 12.8. The fourth-order valence-electron chi connectivity index (χ4n) is 3.40. The van der Waals surface area contributed by atoms with Crippen molar-refractivity contribution in [2.75, 3.05) is 7.11 Å². The summed E-state index contributed by atoms with van der Waals surface area (Å²) in [5.41, 5.74) is 6.39. The van der Waals surface area contributed by atoms with Gasteiger partial charge in [0.1, 0.15) is 6.61 Å². The summed E-state index contributed by atoms with van der Waals surface area (Å²) in [4.78, 5) is 12.8. The zero-order valence-electron chi connectivity index (χ0n) is 18.9. The highest BCUT2D eigenvalue weighted by molar-refractivity contribution is 6.30. The van der Waals surface area contributed by atoms with E-state index in [2.05, 4.69) is 10.5 Å². The first-order valence-electron chi connectivity index (χ1n) is 10.7. The summed E-state index contributed by atoms with van der Waals surface area (Å²) < 4.78 is 13.3. The molecule has 0 saturated heterocycles. The molecule has 0 saturated carbocycles. The van der Waals surface area contributed by atoms with Gasteiger partial charge in [0, 0.05) is 23.0 Å². The molecular weight excluding hydrogens is 450 g/mol. The predicted molar refractivity (Wildman–Crippen MR) is 134 cm³/mol. The fourth-order valence-corrected chi connectivity index (χ4v) is 3.52. The number of hydrazone groups is 1. The minimum Gasteiger partial charge on any atom is -0.493 e. The molecule has 4 aromatic rings. The van der Waals surface area contributed by atoms with E-state index in [1.807, 2.05) is 96.7 Å². The Hall–Kier alpha value is -4.03. The Morgan fingerprint density at radius 2 is 1.71 bits per heavy atom. The Morgan fingerprint density at radius 3 is 2.44 bits per heavy atom. The smallest absolute Gasteiger partial charge is 0.273 e. The van der Waals surface area contributed by atoms with Gasteiger partial charge in [-0.2, -0.15) is 5.10 Å². The van der Waals surface area contributed by atoms with Crippen molar-refractivity contribution in [3.8, 4) is 17.2 Å². The van der Waals surface area contributed by atoms with E-state index in [4.69, 9.17) is 21.1 Å². The average Bonchev–Trinajstić information content (AvgIpc) is 3.41. The maximum absolute atomic E-state index is 12.8. The lowest BCUT2D eigenvalue weighted by molar-refractivity contribution is 0.0955. The second-order valence-electron chi connectivity index (χ2n) is 7.53. The SMILES string of the molecule is COc1cc(/C(C)=N/NC(=O)c2ccccc2-n2cccc2)ccc1OCc1ccc(Cl)cc1. The Balaban J connectivity index is 1.46. The minimum absolute atomic E-state index is 0.293. The Morgan fingerprint density at radius 1 is 0.971 bits per heavy atom. The fraction of sp³-hybridized carbons (Fsp3) is 0.111. The molecule has 0 radical (unpaired) electrons. The highest BCUT2D eigenvalue weighted by Crippen LogP contribution is 2.29. The van der Waals surface area contributed by atoms with Gasteiger partial charge in [0.05, 0.1) is 24.1 Å². The number of amides is 1. The number of para-hydroxylation sites is 1. The van der Waals surface area contributed by atoms with Crippen molar-refractivity contribution in [2.45, 2.75) is 13.5 Å². The zero-order valence-corrected chi connectivity index (χ0v) is 19.6. The van der Waals surface area contributed by atoms with Gasteiger partial charge >= 0.3 is 0 Å². The summed E-state index contributed by atoms with van der Waals surface area (Å²) in [5, 5.41) is 4.98. The number of aromatic nitrogens is 1. The number of benzene rings is 3. The van der Waals surface area contributed by atoms with Gasteiger partial charge in [0.25, 0.3) is 5.91 Å². The van der Waals surface area contributed by atoms with E-state index < -0.39 is 0 Å². The van der Waals surface area contributed by atoms with Crippen LogP contribution in [0.5, 0.6) is 11.5 Å². The topological polar surface area (TPSA) is 64.8 Å². The second-order valence-corrected chi connectivity index (χ2v) is 7.96. The van der Waals surface area contributed by atoms with Gasteiger partial charge in [0.2, 0.25) is 0 Å². The van der Waals surface area contributed by atoms with Gasteiger partial charge in [0.15, 0.2) is 11.5 Å². The first kappa shape index (κ1) is 23.1. The van der Waals surface area contributed by atoms with Gasteiger partial charge in [-0.15, -0.1) is 0 Å². The zero-order chi connectivity index (χ0) is 23.9. The van der Waals surface area contributed by atoms with E-state index in [-0.39, 0.29) is 5.91 Å². The molecule has 0 spiro atoms. The summed E-state index contributed by atoms with van der Waals surface area (Å²) in [6, 6.07) is 24.2. The highest BCUT2D eigenvalue weighted by Gasteiger charge is 2.12. The van der Waals surface area contributed by atoms with Gasteiger partial charge in [-0.05, 0) is 67.1 Å². The van der Waals surface area contributed by atoms with Crippen molar-refractivity contribution < 1.29 is 14.3 Å². The molecule has 34 heavy (non-hydrogen) atoms. The number of ether oxygens (including phenoxy) is 2. The van der Waals surface area contributed by atoms with E-state index in [1.165, 1.54) is 0 Å². The summed E-state index contributed by atoms with van der Waals surface area (Å²) >= 11 is 5.94. The van der Waals surface area contributed by atoms with Crippen LogP contribution in [0.1, 0.15) is 28.4 Å². The number of nitrogens with zero attached hydrogens (tertiary/aromatic N) is 2. The lowest BCUT2D eigenvalue weighted by atomic mass is 10.1. The van der Waals surface area contributed by atoms with Crippen LogP contribution in [-0.4, -0.2) is 23.3 Å². The van der Waals surface area contributed by atoms with Crippen molar-refractivity contribution in [3.05, 3.63) is 113 Å². The lowest BCUT2D eigenvalue weighted by Crippen LogP contribution is -2.21. The van der Waals surface area contributed by atoms with Crippen molar-refractivity contribution in [2.24, 2.45) is 5.10 Å². The van der Waals surface area contributed by atoms with Gasteiger partial charge in [-0.1, -0.05) is 35.9 Å². The predicted octanol–water partition coefficient (Wildman–Crippen LogP) is 5.87. The minimum atomic E-state index is -0.293. The van der Waals surface area contributed by atoms with Crippen LogP contribution in [0.2, 0.25) is 5.02 Å². The summed E-state index contributed by atoms with van der Waals surface area (Å²) in [6.45, 7) is 2.21. The molecule has 0 fully saturated rings. The van der Waals surface area contributed by atoms with Gasteiger partial charge in [-0.25, -0.2) is 5.43 Å². The molecule has 4 rings (SSSR count). The Kier molecular flexibility index (Phi) is 7.30. The molecule has 172 valence electrons. The molecule has 1 heterocycles. The quantitative estimate of drug-likeness (QED) is 0.257. The van der Waals surface area contributed by atoms with Crippen LogP contribution in [-0.2, 0) is 6.61 Å². The molecule has 0 unspecified atom stereocenters. The first-order valence-corrected chi connectivity index (χ1v) is 11.1. The van der Waals surface area contributed by atoms with E-state index in [0.717, 1.165) is 16.8 Å². The number of carbonyl (C=O) groups is 1. The summed E-state index contributed by atoms with van der Waals surface area (Å²) in [7, 11) is 1.58. The van der Waals surface area contributed by atoms with Crippen molar-refractivity contribution in [3.63, 3.8) is 0 Å². The lowest BCUT2D eigenvalue weighted by Gasteiger charge is -2.13. The average molecular weight is 474 g/mol. The van der Waals surface area contributed by atoms with Crippen molar-refractivity contribution >= 4 is 23.2 Å². The van der Waals surface area contributed by atoms with Crippen molar-refractivity contribution in [1.82, 2.24) is 9.99 Å². The van der Waals surface area contributed by atoms with Crippen LogP contribution in [0.15, 0.2) is 96.4 Å². The molecule has 6 nitrogen and oxygen atoms in total. The summed E-state index contributed by atoms with van der Waals surface area (Å²) in [6.07, 6.45) is 3.78. The van der Waals surface area contributed by atoms with Gasteiger partial charge < -0.3 is 14.0 Å². The number of methoxy groups -OCH3 is 1. The second kappa shape index (κ2) is 10.7. The molecule has 0 atom stereocenters. The molecule has 1 aromatic heterocycles. The van der Waals surface area contributed by atoms with Crippen LogP contribution >= 0.6 is 11.6 Å². The number of nitrogens with one attached hydrogen (secondary N) is 1. The van der Waals surface area contributed by atoms with Crippen LogP contribution in [0, 0.1) is 0 Å². The Bertz CT molecular complexity index is 1300. The third-order valence-corrected chi connectivity index (χ3v) is 5.50. The van der Waals surface area contributed by atoms with Crippen LogP contribution in [0.3, 0.4) is 0 Å². The summed E-state index contributed by atoms with van der Waals surface area (Å²) in [5.74, 6) is 0.891. The van der Waals surface area contributed by atoms with E-state index >= 15 is 0 Å². The number of hydrogen-bond donors (Lipinski definition) is 1. The molecule has 1 amide bonds. The standard InChI is InChI=1S/C27H24ClN3O3/c1-19(29-30-27(32)23-7-3-4-8-24(23)31-15-5-6-16-31)21-11-14-25(26(17-21)33-2)34-18-20-9-12-22(28)13-10-20/h3-17H,18H2,1-2H3,(H,30,32)/b29-19+. The normalized spacial score (nSPS) is 11.2. The first-order chi connectivity index (χ1) is 16.5. The number of rotatable bonds is 8.